The Labute approximate surface area is 229 Å². The van der Waals surface area contributed by atoms with Crippen molar-refractivity contribution in [2.75, 3.05) is 11.1 Å². The highest BCUT2D eigenvalue weighted by atomic mass is 32.2. The van der Waals surface area contributed by atoms with Crippen molar-refractivity contribution < 1.29 is 17.8 Å². The third-order valence-electron chi connectivity index (χ3n) is 8.59. The van der Waals surface area contributed by atoms with Gasteiger partial charge in [0.1, 0.15) is 29.1 Å². The largest absolute Gasteiger partial charge is 0.341 e. The van der Waals surface area contributed by atoms with Crippen LogP contribution in [0.5, 0.6) is 0 Å². The monoisotopic (exact) mass is 560 g/mol. The maximum Gasteiger partial charge on any atom is 0.265 e. The zero-order valence-electron chi connectivity index (χ0n) is 21.9. The standard InChI is InChI=1S/C17H12N8.C10H16O4S/c1-4-12(11-7-23-25-13(11)5-1)24-16-10(3-2-6-18-16)14-15-17(21-8-19-14)22-9-20-15;1-9(2)7-3-4-10(9,8(11)5-7)6-15(12,13)14/h1-9H,(H,18,24)(H,23,25)(H,19,20,21,22);7H,3-6H2,1-2H3,(H,12,13,14)/t;7-,10-/m.0/s1. The predicted molar refractivity (Wildman–Crippen MR) is 149 cm³/mol. The van der Waals surface area contributed by atoms with Crippen LogP contribution in [0.2, 0.25) is 0 Å². The third kappa shape index (κ3) is 4.31. The second kappa shape index (κ2) is 9.45. The minimum atomic E-state index is -4.08. The Morgan fingerprint density at radius 3 is 2.73 bits per heavy atom. The van der Waals surface area contributed by atoms with Crippen molar-refractivity contribution in [1.82, 2.24) is 35.1 Å². The summed E-state index contributed by atoms with van der Waals surface area (Å²) in [5.41, 5.74) is 3.76. The molecule has 0 saturated heterocycles. The Kier molecular flexibility index (Phi) is 6.15. The van der Waals surface area contributed by atoms with Gasteiger partial charge in [-0.2, -0.15) is 13.5 Å². The lowest BCUT2D eigenvalue weighted by Crippen LogP contribution is -2.42. The zero-order valence-corrected chi connectivity index (χ0v) is 22.7. The molecule has 0 spiro atoms. The average Bonchev–Trinajstić information content (AvgIpc) is 3.67. The molecule has 0 unspecified atom stereocenters. The Hall–Kier alpha value is -4.23. The van der Waals surface area contributed by atoms with Crippen molar-refractivity contribution in [3.8, 4) is 11.3 Å². The lowest BCUT2D eigenvalue weighted by Gasteiger charge is -2.35. The Morgan fingerprint density at radius 1 is 1.12 bits per heavy atom. The summed E-state index contributed by atoms with van der Waals surface area (Å²) in [6.45, 7) is 3.89. The summed E-state index contributed by atoms with van der Waals surface area (Å²) in [5.74, 6) is 0.599. The van der Waals surface area contributed by atoms with E-state index in [0.717, 1.165) is 39.8 Å². The van der Waals surface area contributed by atoms with E-state index in [-0.39, 0.29) is 17.1 Å². The maximum atomic E-state index is 11.9. The second-order valence-corrected chi connectivity index (χ2v) is 12.3. The fourth-order valence-corrected chi connectivity index (χ4v) is 7.59. The molecule has 12 nitrogen and oxygen atoms in total. The van der Waals surface area contributed by atoms with Gasteiger partial charge < -0.3 is 10.3 Å². The summed E-state index contributed by atoms with van der Waals surface area (Å²) in [4.78, 5) is 32.3. The van der Waals surface area contributed by atoms with Crippen LogP contribution >= 0.6 is 0 Å². The fourth-order valence-electron chi connectivity index (χ4n) is 6.29. The smallest absolute Gasteiger partial charge is 0.265 e. The van der Waals surface area contributed by atoms with Crippen molar-refractivity contribution in [2.45, 2.75) is 33.1 Å². The number of carbonyl (C=O) groups is 1. The van der Waals surface area contributed by atoms with E-state index in [0.29, 0.717) is 24.3 Å². The molecule has 40 heavy (non-hydrogen) atoms. The molecule has 4 N–H and O–H groups in total. The minimum absolute atomic E-state index is 0.0152. The first-order valence-electron chi connectivity index (χ1n) is 12.9. The molecule has 13 heteroatoms. The predicted octanol–water partition coefficient (Wildman–Crippen LogP) is 4.30. The quantitative estimate of drug-likeness (QED) is 0.226. The third-order valence-corrected chi connectivity index (χ3v) is 9.45. The highest BCUT2D eigenvalue weighted by Crippen LogP contribution is 2.64. The number of aromatic amines is 2. The van der Waals surface area contributed by atoms with Crippen LogP contribution in [0.15, 0.2) is 55.4 Å². The summed E-state index contributed by atoms with van der Waals surface area (Å²) in [5, 5.41) is 11.5. The van der Waals surface area contributed by atoms with Gasteiger partial charge in [0.15, 0.2) is 5.65 Å². The number of aromatic nitrogens is 7. The molecular weight excluding hydrogens is 532 g/mol. The number of hydrogen-bond acceptors (Lipinski definition) is 9. The normalized spacial score (nSPS) is 21.5. The molecule has 0 aliphatic heterocycles. The number of hydrogen-bond donors (Lipinski definition) is 4. The molecule has 2 aliphatic carbocycles. The van der Waals surface area contributed by atoms with Crippen molar-refractivity contribution in [3.05, 3.63) is 55.4 Å². The Bertz CT molecular complexity index is 1850. The number of fused-ring (bicyclic) bond motifs is 4. The van der Waals surface area contributed by atoms with Gasteiger partial charge in [0.05, 0.1) is 34.9 Å². The number of pyridine rings is 1. The maximum absolute atomic E-state index is 11.9. The molecule has 2 bridgehead atoms. The van der Waals surface area contributed by atoms with E-state index in [1.165, 1.54) is 6.33 Å². The first-order chi connectivity index (χ1) is 19.1. The molecule has 2 fully saturated rings. The summed E-state index contributed by atoms with van der Waals surface area (Å²) < 4.78 is 31.0. The lowest BCUT2D eigenvalue weighted by atomic mass is 9.70. The van der Waals surface area contributed by atoms with Crippen molar-refractivity contribution >= 4 is 49.5 Å². The summed E-state index contributed by atoms with van der Waals surface area (Å²) in [6.07, 6.45) is 8.62. The van der Waals surface area contributed by atoms with Gasteiger partial charge in [0.25, 0.3) is 10.1 Å². The van der Waals surface area contributed by atoms with Crippen LogP contribution in [0.25, 0.3) is 33.3 Å². The minimum Gasteiger partial charge on any atom is -0.341 e. The van der Waals surface area contributed by atoms with Crippen molar-refractivity contribution in [3.63, 3.8) is 0 Å². The van der Waals surface area contributed by atoms with Gasteiger partial charge in [0.2, 0.25) is 0 Å². The van der Waals surface area contributed by atoms with E-state index in [2.05, 4.69) is 40.4 Å². The number of anilines is 2. The SMILES string of the molecule is CC1(C)[C@H]2CC[C@]1(CS(=O)(=O)O)C(=O)C2.c1cnc(Nc2cccc3[nH]ncc23)c(-c2ncnc3nc[nH]c23)c1. The molecule has 4 heterocycles. The Balaban J connectivity index is 0.000000165. The van der Waals surface area contributed by atoms with E-state index in [1.807, 2.05) is 44.2 Å². The highest BCUT2D eigenvalue weighted by Gasteiger charge is 2.65. The van der Waals surface area contributed by atoms with Gasteiger partial charge in [-0.15, -0.1) is 0 Å². The molecule has 2 atom stereocenters. The Morgan fingerprint density at radius 2 is 1.98 bits per heavy atom. The number of nitrogens with one attached hydrogen (secondary N) is 3. The second-order valence-electron chi connectivity index (χ2n) is 10.9. The van der Waals surface area contributed by atoms with E-state index in [1.54, 1.807) is 18.7 Å². The molecule has 5 aromatic rings. The van der Waals surface area contributed by atoms with E-state index in [9.17, 15) is 13.2 Å². The number of H-pyrrole nitrogens is 2. The van der Waals surface area contributed by atoms with Gasteiger partial charge in [0, 0.05) is 23.6 Å². The van der Waals surface area contributed by atoms with E-state index in [4.69, 9.17) is 4.55 Å². The molecule has 0 amide bonds. The fraction of sp³-hybridized carbons (Fsp3) is 0.333. The molecular formula is C27H28N8O4S. The first kappa shape index (κ1) is 26.0. The van der Waals surface area contributed by atoms with E-state index < -0.39 is 21.3 Å². The molecule has 0 radical (unpaired) electrons. The van der Waals surface area contributed by atoms with Gasteiger partial charge in [-0.3, -0.25) is 14.4 Å². The van der Waals surface area contributed by atoms with Gasteiger partial charge >= 0.3 is 0 Å². The van der Waals surface area contributed by atoms with Crippen LogP contribution in [0.3, 0.4) is 0 Å². The van der Waals surface area contributed by atoms with Crippen LogP contribution in [-0.4, -0.2) is 59.6 Å². The molecule has 2 aliphatic rings. The number of Topliss-reactive ketones (excluding diaryl/α,β-unsaturated/α-hetero) is 1. The number of ketones is 1. The molecule has 7 rings (SSSR count). The van der Waals surface area contributed by atoms with E-state index >= 15 is 0 Å². The summed E-state index contributed by atoms with van der Waals surface area (Å²) in [7, 11) is -4.08. The van der Waals surface area contributed by atoms with Gasteiger partial charge in [-0.25, -0.2) is 19.9 Å². The number of imidazole rings is 1. The van der Waals surface area contributed by atoms with Crippen LogP contribution in [-0.2, 0) is 14.9 Å². The summed E-state index contributed by atoms with van der Waals surface area (Å²) in [6, 6.07) is 9.77. The molecule has 2 saturated carbocycles. The van der Waals surface area contributed by atoms with Crippen LogP contribution in [0.4, 0.5) is 11.5 Å². The van der Waals surface area contributed by atoms with Crippen molar-refractivity contribution in [1.29, 1.82) is 0 Å². The molecule has 206 valence electrons. The zero-order chi connectivity index (χ0) is 28.1. The van der Waals surface area contributed by atoms with Gasteiger partial charge in [-0.05, 0) is 48.4 Å². The highest BCUT2D eigenvalue weighted by molar-refractivity contribution is 7.85. The van der Waals surface area contributed by atoms with Crippen LogP contribution < -0.4 is 5.32 Å². The number of benzene rings is 1. The number of rotatable bonds is 5. The topological polar surface area (TPSA) is 179 Å². The van der Waals surface area contributed by atoms with Crippen LogP contribution in [0, 0.1) is 16.7 Å². The van der Waals surface area contributed by atoms with Crippen LogP contribution in [0.1, 0.15) is 33.1 Å². The molecule has 1 aromatic carbocycles. The van der Waals surface area contributed by atoms with Gasteiger partial charge in [-0.1, -0.05) is 19.9 Å². The number of carbonyl (C=O) groups excluding carboxylic acids is 1. The molecule has 4 aromatic heterocycles. The first-order valence-corrected chi connectivity index (χ1v) is 14.5. The number of nitrogens with zero attached hydrogens (tertiary/aromatic N) is 5. The van der Waals surface area contributed by atoms with Crippen molar-refractivity contribution in [2.24, 2.45) is 16.7 Å². The summed E-state index contributed by atoms with van der Waals surface area (Å²) >= 11 is 0. The average molecular weight is 561 g/mol. The lowest BCUT2D eigenvalue weighted by molar-refractivity contribution is -0.128.